The summed E-state index contributed by atoms with van der Waals surface area (Å²) >= 11 is 0. The zero-order valence-corrected chi connectivity index (χ0v) is 9.75. The van der Waals surface area contributed by atoms with Crippen molar-refractivity contribution in [3.05, 3.63) is 0 Å². The Hall–Kier alpha value is -0.160. The Labute approximate surface area is 86.8 Å². The highest BCUT2D eigenvalue weighted by atomic mass is 16.7. The number of nitrogens with zero attached hydrogens (tertiary/aromatic N) is 2. The molecule has 1 aliphatic rings. The van der Waals surface area contributed by atoms with E-state index >= 15 is 0 Å². The summed E-state index contributed by atoms with van der Waals surface area (Å²) in [5, 5.41) is 0. The Morgan fingerprint density at radius 2 is 1.57 bits per heavy atom. The van der Waals surface area contributed by atoms with Crippen LogP contribution in [0.4, 0.5) is 0 Å². The van der Waals surface area contributed by atoms with E-state index in [1.165, 1.54) is 0 Å². The fourth-order valence-corrected chi connectivity index (χ4v) is 1.81. The topological polar surface area (TPSA) is 24.9 Å². The van der Waals surface area contributed by atoms with E-state index in [1.54, 1.807) is 14.2 Å². The van der Waals surface area contributed by atoms with E-state index in [9.17, 15) is 0 Å². The summed E-state index contributed by atoms with van der Waals surface area (Å²) in [5.74, 6) is -0.556. The van der Waals surface area contributed by atoms with Crippen molar-refractivity contribution >= 4 is 0 Å². The van der Waals surface area contributed by atoms with Crippen LogP contribution in [0, 0.1) is 0 Å². The third-order valence-electron chi connectivity index (χ3n) is 3.15. The molecule has 0 saturated carbocycles. The lowest BCUT2D eigenvalue weighted by Gasteiger charge is -2.43. The van der Waals surface area contributed by atoms with Gasteiger partial charge in [-0.1, -0.05) is 6.92 Å². The summed E-state index contributed by atoms with van der Waals surface area (Å²) in [4.78, 5) is 4.67. The molecule has 0 N–H and O–H groups in total. The first kappa shape index (κ1) is 11.9. The zero-order chi connectivity index (χ0) is 10.6. The molecule has 0 bridgehead atoms. The van der Waals surface area contributed by atoms with E-state index < -0.39 is 5.91 Å². The summed E-state index contributed by atoms with van der Waals surface area (Å²) in [5.41, 5.74) is 0. The van der Waals surface area contributed by atoms with Crippen LogP contribution in [-0.2, 0) is 9.47 Å². The summed E-state index contributed by atoms with van der Waals surface area (Å²) in [7, 11) is 3.38. The molecule has 0 aromatic carbocycles. The maximum Gasteiger partial charge on any atom is 0.226 e. The quantitative estimate of drug-likeness (QED) is 0.623. The minimum atomic E-state index is -0.556. The van der Waals surface area contributed by atoms with Crippen LogP contribution < -0.4 is 0 Å². The van der Waals surface area contributed by atoms with E-state index in [2.05, 4.69) is 16.7 Å². The van der Waals surface area contributed by atoms with Crippen LogP contribution in [0.15, 0.2) is 0 Å². The number of piperazine rings is 1. The molecule has 0 radical (unpaired) electrons. The first-order valence-corrected chi connectivity index (χ1v) is 5.24. The van der Waals surface area contributed by atoms with Crippen LogP contribution in [0.25, 0.3) is 0 Å². The van der Waals surface area contributed by atoms with Gasteiger partial charge in [0.15, 0.2) is 0 Å². The summed E-state index contributed by atoms with van der Waals surface area (Å²) < 4.78 is 10.8. The van der Waals surface area contributed by atoms with Gasteiger partial charge in [-0.3, -0.25) is 4.90 Å². The Morgan fingerprint density at radius 3 is 1.93 bits per heavy atom. The molecule has 4 heteroatoms. The van der Waals surface area contributed by atoms with Crippen molar-refractivity contribution in [2.45, 2.75) is 19.8 Å². The molecule has 0 aromatic rings. The molecule has 0 atom stereocenters. The molecule has 84 valence electrons. The number of rotatable bonds is 4. The van der Waals surface area contributed by atoms with Crippen LogP contribution >= 0.6 is 0 Å². The van der Waals surface area contributed by atoms with Gasteiger partial charge in [-0.25, -0.2) is 0 Å². The van der Waals surface area contributed by atoms with Crippen LogP contribution in [0.2, 0.25) is 0 Å². The molecule has 0 aliphatic carbocycles. The molecule has 0 unspecified atom stereocenters. The number of methoxy groups -OCH3 is 2. The lowest BCUT2D eigenvalue weighted by Crippen LogP contribution is -2.57. The van der Waals surface area contributed by atoms with Gasteiger partial charge in [0.2, 0.25) is 5.91 Å². The van der Waals surface area contributed by atoms with Gasteiger partial charge in [-0.05, 0) is 6.54 Å². The standard InChI is InChI=1S/C10H22N2O2/c1-5-11-6-8-12(9-7-11)10(2,13-3)14-4/h5-9H2,1-4H3. The Balaban J connectivity index is 2.47. The van der Waals surface area contributed by atoms with E-state index in [0.717, 1.165) is 32.7 Å². The first-order chi connectivity index (χ1) is 6.66. The normalized spacial score (nSPS) is 21.4. The lowest BCUT2D eigenvalue weighted by molar-refractivity contribution is -0.288. The van der Waals surface area contributed by atoms with Crippen molar-refractivity contribution in [2.75, 3.05) is 46.9 Å². The number of hydrogen-bond acceptors (Lipinski definition) is 4. The van der Waals surface area contributed by atoms with Crippen LogP contribution in [0.1, 0.15) is 13.8 Å². The number of ether oxygens (including phenoxy) is 2. The molecular formula is C10H22N2O2. The zero-order valence-electron chi connectivity index (χ0n) is 9.75. The summed E-state index contributed by atoms with van der Waals surface area (Å²) in [6, 6.07) is 0. The minimum absolute atomic E-state index is 0.556. The Bertz CT molecular complexity index is 164. The van der Waals surface area contributed by atoms with Crippen molar-refractivity contribution in [2.24, 2.45) is 0 Å². The van der Waals surface area contributed by atoms with E-state index in [0.29, 0.717) is 0 Å². The van der Waals surface area contributed by atoms with Gasteiger partial charge < -0.3 is 14.4 Å². The average molecular weight is 202 g/mol. The van der Waals surface area contributed by atoms with Crippen molar-refractivity contribution in [1.82, 2.24) is 9.80 Å². The highest BCUT2D eigenvalue weighted by Crippen LogP contribution is 2.18. The molecule has 0 amide bonds. The van der Waals surface area contributed by atoms with Gasteiger partial charge in [0.05, 0.1) is 0 Å². The molecule has 1 rings (SSSR count). The second-order valence-corrected chi connectivity index (χ2v) is 3.73. The third kappa shape index (κ3) is 2.45. The average Bonchev–Trinajstić information content (AvgIpc) is 2.28. The SMILES string of the molecule is CCN1CCN(C(C)(OC)OC)CC1. The van der Waals surface area contributed by atoms with E-state index in [1.807, 2.05) is 6.92 Å². The molecule has 1 saturated heterocycles. The molecule has 4 nitrogen and oxygen atoms in total. The van der Waals surface area contributed by atoms with Crippen molar-refractivity contribution in [3.63, 3.8) is 0 Å². The summed E-state index contributed by atoms with van der Waals surface area (Å²) in [6.45, 7) is 9.50. The van der Waals surface area contributed by atoms with Crippen LogP contribution in [0.3, 0.4) is 0 Å². The smallest absolute Gasteiger partial charge is 0.226 e. The van der Waals surface area contributed by atoms with Gasteiger partial charge in [0, 0.05) is 47.3 Å². The molecule has 1 heterocycles. The fraction of sp³-hybridized carbons (Fsp3) is 1.00. The Kier molecular flexibility index (Phi) is 4.31. The van der Waals surface area contributed by atoms with Gasteiger partial charge >= 0.3 is 0 Å². The van der Waals surface area contributed by atoms with Crippen molar-refractivity contribution < 1.29 is 9.47 Å². The largest absolute Gasteiger partial charge is 0.341 e. The Morgan fingerprint density at radius 1 is 1.07 bits per heavy atom. The molecule has 0 aromatic heterocycles. The predicted molar refractivity (Wildman–Crippen MR) is 56.1 cm³/mol. The molecular weight excluding hydrogens is 180 g/mol. The second kappa shape index (κ2) is 5.07. The van der Waals surface area contributed by atoms with Gasteiger partial charge in [-0.15, -0.1) is 0 Å². The highest BCUT2D eigenvalue weighted by molar-refractivity contribution is 4.75. The third-order valence-corrected chi connectivity index (χ3v) is 3.15. The monoisotopic (exact) mass is 202 g/mol. The van der Waals surface area contributed by atoms with Gasteiger partial charge in [0.25, 0.3) is 0 Å². The molecule has 0 spiro atoms. The first-order valence-electron chi connectivity index (χ1n) is 5.24. The minimum Gasteiger partial charge on any atom is -0.341 e. The van der Waals surface area contributed by atoms with Gasteiger partial charge in [-0.2, -0.15) is 0 Å². The van der Waals surface area contributed by atoms with E-state index in [-0.39, 0.29) is 0 Å². The van der Waals surface area contributed by atoms with E-state index in [4.69, 9.17) is 9.47 Å². The number of hydrogen-bond donors (Lipinski definition) is 0. The van der Waals surface area contributed by atoms with Crippen molar-refractivity contribution in [3.8, 4) is 0 Å². The van der Waals surface area contributed by atoms with Crippen molar-refractivity contribution in [1.29, 1.82) is 0 Å². The molecule has 14 heavy (non-hydrogen) atoms. The summed E-state index contributed by atoms with van der Waals surface area (Å²) in [6.07, 6.45) is 0. The predicted octanol–water partition coefficient (Wildman–Crippen LogP) is 0.590. The molecule has 1 fully saturated rings. The fourth-order valence-electron chi connectivity index (χ4n) is 1.81. The molecule has 1 aliphatic heterocycles. The lowest BCUT2D eigenvalue weighted by atomic mass is 10.3. The van der Waals surface area contributed by atoms with Crippen LogP contribution in [-0.4, -0.2) is 62.7 Å². The number of likely N-dealkylation sites (N-methyl/N-ethyl adjacent to an activating group) is 1. The maximum absolute atomic E-state index is 5.38. The maximum atomic E-state index is 5.38. The highest BCUT2D eigenvalue weighted by Gasteiger charge is 2.33. The second-order valence-electron chi connectivity index (χ2n) is 3.73. The van der Waals surface area contributed by atoms with Crippen LogP contribution in [0.5, 0.6) is 0 Å². The van der Waals surface area contributed by atoms with Gasteiger partial charge in [0.1, 0.15) is 0 Å².